The molecule has 1 aliphatic rings. The van der Waals surface area contributed by atoms with E-state index < -0.39 is 5.97 Å². The van der Waals surface area contributed by atoms with Crippen molar-refractivity contribution in [2.24, 2.45) is 5.92 Å². The zero-order valence-electron chi connectivity index (χ0n) is 12.2. The highest BCUT2D eigenvalue weighted by Gasteiger charge is 2.35. The lowest BCUT2D eigenvalue weighted by atomic mass is 9.97. The predicted octanol–water partition coefficient (Wildman–Crippen LogP) is 1.74. The number of anilines is 2. The van der Waals surface area contributed by atoms with Crippen molar-refractivity contribution in [1.82, 2.24) is 0 Å². The molecule has 2 unspecified atom stereocenters. The van der Waals surface area contributed by atoms with Crippen molar-refractivity contribution in [1.29, 1.82) is 0 Å². The van der Waals surface area contributed by atoms with E-state index in [-0.39, 0.29) is 23.5 Å². The highest BCUT2D eigenvalue weighted by molar-refractivity contribution is 6.03. The molecule has 0 radical (unpaired) electrons. The fourth-order valence-corrected chi connectivity index (χ4v) is 2.72. The van der Waals surface area contributed by atoms with E-state index in [1.165, 1.54) is 11.0 Å². The van der Waals surface area contributed by atoms with Crippen molar-refractivity contribution in [3.05, 3.63) is 23.8 Å². The number of carbonyl (C=O) groups is 2. The van der Waals surface area contributed by atoms with Gasteiger partial charge in [0.1, 0.15) is 0 Å². The zero-order valence-corrected chi connectivity index (χ0v) is 12.2. The fraction of sp³-hybridized carbons (Fsp3) is 0.467. The van der Waals surface area contributed by atoms with Crippen LogP contribution in [0.25, 0.3) is 0 Å². The number of rotatable bonds is 4. The van der Waals surface area contributed by atoms with E-state index in [0.717, 1.165) is 6.42 Å². The molecule has 6 heteroatoms. The van der Waals surface area contributed by atoms with Crippen molar-refractivity contribution in [3.8, 4) is 0 Å². The molecule has 1 aliphatic heterocycles. The summed E-state index contributed by atoms with van der Waals surface area (Å²) in [5.74, 6) is -1.45. The molecular formula is C15H20N2O4. The quantitative estimate of drug-likeness (QED) is 0.825. The van der Waals surface area contributed by atoms with Crippen LogP contribution in [0, 0.1) is 5.92 Å². The van der Waals surface area contributed by atoms with Crippen LogP contribution in [0.15, 0.2) is 18.2 Å². The molecule has 0 spiro atoms. The molecule has 0 aliphatic carbocycles. The topological polar surface area (TPSA) is 92.9 Å². The van der Waals surface area contributed by atoms with Crippen LogP contribution in [0.2, 0.25) is 0 Å². The molecule has 0 bridgehead atoms. The molecule has 1 aromatic carbocycles. The Morgan fingerprint density at radius 3 is 2.81 bits per heavy atom. The minimum atomic E-state index is -1.10. The normalized spacial score (nSPS) is 21.2. The molecule has 0 aromatic heterocycles. The second-order valence-electron chi connectivity index (χ2n) is 5.19. The van der Waals surface area contributed by atoms with Gasteiger partial charge in [-0.15, -0.1) is 0 Å². The second-order valence-corrected chi connectivity index (χ2v) is 5.19. The number of nitrogens with two attached hydrogens (primary N) is 1. The van der Waals surface area contributed by atoms with Crippen LogP contribution in [-0.4, -0.2) is 36.7 Å². The second kappa shape index (κ2) is 6.13. The first-order valence-corrected chi connectivity index (χ1v) is 6.97. The molecule has 3 N–H and O–H groups in total. The van der Waals surface area contributed by atoms with E-state index in [2.05, 4.69) is 0 Å². The summed E-state index contributed by atoms with van der Waals surface area (Å²) in [6.45, 7) is 2.54. The predicted molar refractivity (Wildman–Crippen MR) is 79.4 cm³/mol. The largest absolute Gasteiger partial charge is 0.478 e. The van der Waals surface area contributed by atoms with Gasteiger partial charge in [0, 0.05) is 19.3 Å². The molecule has 0 saturated carbocycles. The average molecular weight is 292 g/mol. The lowest BCUT2D eigenvalue weighted by Crippen LogP contribution is -2.37. The van der Waals surface area contributed by atoms with Gasteiger partial charge in [-0.25, -0.2) is 4.79 Å². The van der Waals surface area contributed by atoms with E-state index in [1.54, 1.807) is 19.2 Å². The van der Waals surface area contributed by atoms with Crippen molar-refractivity contribution in [3.63, 3.8) is 0 Å². The van der Waals surface area contributed by atoms with Crippen molar-refractivity contribution in [2.45, 2.75) is 25.9 Å². The summed E-state index contributed by atoms with van der Waals surface area (Å²) in [6.07, 6.45) is 1.33. The van der Waals surface area contributed by atoms with Gasteiger partial charge in [-0.3, -0.25) is 4.79 Å². The summed E-state index contributed by atoms with van der Waals surface area (Å²) in [5.41, 5.74) is 6.35. The summed E-state index contributed by atoms with van der Waals surface area (Å²) in [4.78, 5) is 25.3. The molecule has 21 heavy (non-hydrogen) atoms. The summed E-state index contributed by atoms with van der Waals surface area (Å²) in [6, 6.07) is 4.52. The maximum atomic E-state index is 12.6. The first-order chi connectivity index (χ1) is 9.95. The van der Waals surface area contributed by atoms with Gasteiger partial charge >= 0.3 is 5.97 Å². The molecule has 2 atom stereocenters. The summed E-state index contributed by atoms with van der Waals surface area (Å²) in [5, 5.41) is 9.27. The van der Waals surface area contributed by atoms with Gasteiger partial charge in [0.25, 0.3) is 0 Å². The zero-order chi connectivity index (χ0) is 15.6. The van der Waals surface area contributed by atoms with Crippen molar-refractivity contribution in [2.75, 3.05) is 24.3 Å². The number of carbonyl (C=O) groups excluding carboxylic acids is 1. The van der Waals surface area contributed by atoms with Gasteiger partial charge in [-0.1, -0.05) is 6.92 Å². The third-order valence-electron chi connectivity index (χ3n) is 3.87. The van der Waals surface area contributed by atoms with E-state index in [9.17, 15) is 14.7 Å². The minimum Gasteiger partial charge on any atom is -0.478 e. The van der Waals surface area contributed by atoms with Crippen LogP contribution in [-0.2, 0) is 9.53 Å². The smallest absolute Gasteiger partial charge is 0.337 e. The van der Waals surface area contributed by atoms with Crippen LogP contribution in [0.4, 0.5) is 11.4 Å². The van der Waals surface area contributed by atoms with Gasteiger partial charge < -0.3 is 20.5 Å². The number of hydrogen-bond donors (Lipinski definition) is 2. The third-order valence-corrected chi connectivity index (χ3v) is 3.87. The van der Waals surface area contributed by atoms with E-state index >= 15 is 0 Å². The molecule has 114 valence electrons. The van der Waals surface area contributed by atoms with Crippen LogP contribution >= 0.6 is 0 Å². The highest BCUT2D eigenvalue weighted by Crippen LogP contribution is 2.29. The van der Waals surface area contributed by atoms with Crippen molar-refractivity contribution < 1.29 is 19.4 Å². The number of nitrogen functional groups attached to an aromatic ring is 1. The van der Waals surface area contributed by atoms with Gasteiger partial charge in [-0.05, 0) is 31.0 Å². The summed E-state index contributed by atoms with van der Waals surface area (Å²) >= 11 is 0. The molecule has 1 saturated heterocycles. The van der Waals surface area contributed by atoms with Gasteiger partial charge in [0.05, 0.1) is 23.3 Å². The van der Waals surface area contributed by atoms with Crippen LogP contribution in [0.5, 0.6) is 0 Å². The number of aromatic carboxylic acids is 1. The highest BCUT2D eigenvalue weighted by atomic mass is 16.5. The average Bonchev–Trinajstić information content (AvgIpc) is 2.94. The van der Waals surface area contributed by atoms with E-state index in [4.69, 9.17) is 10.5 Å². The van der Waals surface area contributed by atoms with Gasteiger partial charge in [0.2, 0.25) is 5.91 Å². The fourth-order valence-electron chi connectivity index (χ4n) is 2.72. The Labute approximate surface area is 123 Å². The van der Waals surface area contributed by atoms with Crippen LogP contribution in [0.3, 0.4) is 0 Å². The molecule has 1 amide bonds. The number of ether oxygens (including phenoxy) is 1. The minimum absolute atomic E-state index is 0.0258. The van der Waals surface area contributed by atoms with Crippen LogP contribution < -0.4 is 10.6 Å². The van der Waals surface area contributed by atoms with Crippen LogP contribution in [0.1, 0.15) is 30.1 Å². The number of benzene rings is 1. The molecule has 1 heterocycles. The number of nitrogens with zero attached hydrogens (tertiary/aromatic N) is 1. The SMILES string of the molecule is CCC1OCCC1C(=O)N(C)c1ccc(N)cc1C(=O)O. The van der Waals surface area contributed by atoms with E-state index in [1.807, 2.05) is 6.92 Å². The molecule has 1 aromatic rings. The Bertz CT molecular complexity index is 559. The van der Waals surface area contributed by atoms with Crippen molar-refractivity contribution >= 4 is 23.3 Å². The Balaban J connectivity index is 2.29. The van der Waals surface area contributed by atoms with Gasteiger partial charge in [-0.2, -0.15) is 0 Å². The Morgan fingerprint density at radius 2 is 2.19 bits per heavy atom. The number of carboxylic acid groups (broad SMARTS) is 1. The number of carboxylic acids is 1. The molecule has 2 rings (SSSR count). The number of amides is 1. The van der Waals surface area contributed by atoms with Gasteiger partial charge in [0.15, 0.2) is 0 Å². The maximum absolute atomic E-state index is 12.6. The Hall–Kier alpha value is -2.08. The molecule has 6 nitrogen and oxygen atoms in total. The third kappa shape index (κ3) is 3.00. The lowest BCUT2D eigenvalue weighted by molar-refractivity contribution is -0.123. The first kappa shape index (κ1) is 15.3. The summed E-state index contributed by atoms with van der Waals surface area (Å²) < 4.78 is 5.53. The Morgan fingerprint density at radius 1 is 1.48 bits per heavy atom. The lowest BCUT2D eigenvalue weighted by Gasteiger charge is -2.25. The number of hydrogen-bond acceptors (Lipinski definition) is 4. The molecular weight excluding hydrogens is 272 g/mol. The molecule has 1 fully saturated rings. The standard InChI is InChI=1S/C15H20N2O4/c1-3-13-10(6-7-21-13)14(18)17(2)12-5-4-9(16)8-11(12)15(19)20/h4-5,8,10,13H,3,6-7,16H2,1-2H3,(H,19,20). The first-order valence-electron chi connectivity index (χ1n) is 6.97. The summed E-state index contributed by atoms with van der Waals surface area (Å²) in [7, 11) is 1.59. The Kier molecular flexibility index (Phi) is 4.47. The van der Waals surface area contributed by atoms with E-state index in [0.29, 0.717) is 24.4 Å². The maximum Gasteiger partial charge on any atom is 0.337 e. The monoisotopic (exact) mass is 292 g/mol.